The fourth-order valence-corrected chi connectivity index (χ4v) is 4.06. The number of hydrogen-bond acceptors (Lipinski definition) is 6. The van der Waals surface area contributed by atoms with Crippen molar-refractivity contribution in [1.82, 2.24) is 10.1 Å². The lowest BCUT2D eigenvalue weighted by Gasteiger charge is -2.31. The Morgan fingerprint density at radius 2 is 1.97 bits per heavy atom. The van der Waals surface area contributed by atoms with E-state index in [1.54, 1.807) is 54.5 Å². The first-order valence-corrected chi connectivity index (χ1v) is 11.5. The van der Waals surface area contributed by atoms with E-state index < -0.39 is 0 Å². The molecule has 0 spiro atoms. The Balaban J connectivity index is 1.77. The van der Waals surface area contributed by atoms with Crippen LogP contribution in [0.4, 0.5) is 10.3 Å². The minimum atomic E-state index is -0.389. The maximum absolute atomic E-state index is 14.8. The number of morpholine rings is 1. The Bertz CT molecular complexity index is 1130. The molecule has 0 bridgehead atoms. The number of carbonyl (C=O) groups excluding carboxylic acids is 1. The number of nitrogens with zero attached hydrogens (tertiary/aromatic N) is 3. The van der Waals surface area contributed by atoms with Gasteiger partial charge in [0.05, 0.1) is 32.4 Å². The zero-order valence-corrected chi connectivity index (χ0v) is 19.8. The van der Waals surface area contributed by atoms with Crippen molar-refractivity contribution >= 4 is 11.8 Å². The summed E-state index contributed by atoms with van der Waals surface area (Å²) >= 11 is 0. The van der Waals surface area contributed by atoms with E-state index in [2.05, 4.69) is 5.16 Å². The molecule has 0 saturated carbocycles. The van der Waals surface area contributed by atoms with Crippen molar-refractivity contribution in [2.75, 3.05) is 38.3 Å². The van der Waals surface area contributed by atoms with E-state index in [4.69, 9.17) is 14.0 Å². The van der Waals surface area contributed by atoms with Gasteiger partial charge in [-0.3, -0.25) is 4.79 Å². The van der Waals surface area contributed by atoms with E-state index >= 15 is 0 Å². The number of carbonyl (C=O) groups is 1. The van der Waals surface area contributed by atoms with Gasteiger partial charge < -0.3 is 23.8 Å². The van der Waals surface area contributed by atoms with Crippen LogP contribution in [0.5, 0.6) is 5.75 Å². The minimum absolute atomic E-state index is 0.0698. The topological polar surface area (TPSA) is 68.0 Å². The van der Waals surface area contributed by atoms with Gasteiger partial charge in [0, 0.05) is 30.3 Å². The summed E-state index contributed by atoms with van der Waals surface area (Å²) < 4.78 is 31.3. The molecule has 1 fully saturated rings. The quantitative estimate of drug-likeness (QED) is 0.476. The third kappa shape index (κ3) is 4.92. The van der Waals surface area contributed by atoms with Gasteiger partial charge in [-0.25, -0.2) is 4.39 Å². The summed E-state index contributed by atoms with van der Waals surface area (Å²) in [6, 6.07) is 13.5. The van der Waals surface area contributed by atoms with Crippen LogP contribution in [0.2, 0.25) is 0 Å². The average molecular weight is 468 g/mol. The van der Waals surface area contributed by atoms with Crippen LogP contribution in [0.1, 0.15) is 36.2 Å². The minimum Gasteiger partial charge on any atom is -0.497 e. The summed E-state index contributed by atoms with van der Waals surface area (Å²) in [6.45, 7) is 6.65. The molecule has 4 rings (SSSR count). The summed E-state index contributed by atoms with van der Waals surface area (Å²) in [5, 5.41) is 4.26. The van der Waals surface area contributed by atoms with Gasteiger partial charge in [0.15, 0.2) is 0 Å². The van der Waals surface area contributed by atoms with Gasteiger partial charge in [0.1, 0.15) is 17.3 Å². The number of anilines is 1. The normalized spacial score (nSPS) is 14.6. The summed E-state index contributed by atoms with van der Waals surface area (Å²) in [5.74, 6) is 0.635. The number of benzene rings is 2. The maximum Gasteiger partial charge on any atom is 0.254 e. The van der Waals surface area contributed by atoms with Gasteiger partial charge in [0.2, 0.25) is 5.88 Å². The van der Waals surface area contributed by atoms with Gasteiger partial charge in [-0.15, -0.1) is 0 Å². The molecule has 0 radical (unpaired) electrons. The molecule has 2 heterocycles. The molecule has 1 aromatic heterocycles. The van der Waals surface area contributed by atoms with Crippen molar-refractivity contribution < 1.29 is 23.2 Å². The second-order valence-corrected chi connectivity index (χ2v) is 8.32. The SMILES string of the molecule is CC[C@H](C)N(Cc1c(-c2ccccc2F)noc1N1CCOCC1)C(=O)c1cccc(OC)c1. The van der Waals surface area contributed by atoms with Crippen LogP contribution in [0.25, 0.3) is 11.3 Å². The van der Waals surface area contributed by atoms with Crippen molar-refractivity contribution in [3.05, 3.63) is 65.5 Å². The highest BCUT2D eigenvalue weighted by Gasteiger charge is 2.30. The second-order valence-electron chi connectivity index (χ2n) is 8.32. The highest BCUT2D eigenvalue weighted by molar-refractivity contribution is 5.95. The summed E-state index contributed by atoms with van der Waals surface area (Å²) in [6.07, 6.45) is 0.753. The molecule has 1 amide bonds. The van der Waals surface area contributed by atoms with Crippen LogP contribution in [-0.2, 0) is 11.3 Å². The first-order chi connectivity index (χ1) is 16.5. The Hall–Kier alpha value is -3.39. The van der Waals surface area contributed by atoms with Crippen molar-refractivity contribution in [3.63, 3.8) is 0 Å². The van der Waals surface area contributed by atoms with E-state index in [0.29, 0.717) is 60.3 Å². The molecular weight excluding hydrogens is 437 g/mol. The number of rotatable bonds is 8. The molecule has 0 N–H and O–H groups in total. The number of halogens is 1. The summed E-state index contributed by atoms with van der Waals surface area (Å²) in [4.78, 5) is 17.5. The van der Waals surface area contributed by atoms with Gasteiger partial charge >= 0.3 is 0 Å². The monoisotopic (exact) mass is 467 g/mol. The Morgan fingerprint density at radius 1 is 1.21 bits per heavy atom. The van der Waals surface area contributed by atoms with Gasteiger partial charge in [-0.2, -0.15) is 0 Å². The molecule has 8 heteroatoms. The molecule has 2 aromatic carbocycles. The zero-order valence-electron chi connectivity index (χ0n) is 19.8. The number of hydrogen-bond donors (Lipinski definition) is 0. The standard InChI is InChI=1S/C26H30FN3O4/c1-4-18(2)30(25(31)19-8-7-9-20(16-19)32-3)17-22-24(21-10-5-6-11-23(21)27)28-34-26(22)29-12-14-33-15-13-29/h5-11,16,18H,4,12-15,17H2,1-3H3/t18-/m0/s1. The number of amides is 1. The van der Waals surface area contributed by atoms with Gasteiger partial charge in [-0.1, -0.05) is 30.3 Å². The molecule has 34 heavy (non-hydrogen) atoms. The van der Waals surface area contributed by atoms with Crippen LogP contribution >= 0.6 is 0 Å². The van der Waals surface area contributed by atoms with Gasteiger partial charge in [-0.05, 0) is 43.7 Å². The van der Waals surface area contributed by atoms with E-state index in [0.717, 1.165) is 6.42 Å². The fourth-order valence-electron chi connectivity index (χ4n) is 4.06. The molecule has 0 aliphatic carbocycles. The van der Waals surface area contributed by atoms with Crippen LogP contribution in [0, 0.1) is 5.82 Å². The highest BCUT2D eigenvalue weighted by atomic mass is 19.1. The second kappa shape index (κ2) is 10.7. The highest BCUT2D eigenvalue weighted by Crippen LogP contribution is 2.35. The van der Waals surface area contributed by atoms with Crippen LogP contribution in [0.15, 0.2) is 53.1 Å². The predicted octanol–water partition coefficient (Wildman–Crippen LogP) is 4.77. The largest absolute Gasteiger partial charge is 0.497 e. The number of methoxy groups -OCH3 is 1. The van der Waals surface area contributed by atoms with Crippen LogP contribution in [-0.4, -0.2) is 55.4 Å². The number of ether oxygens (including phenoxy) is 2. The lowest BCUT2D eigenvalue weighted by atomic mass is 10.0. The Kier molecular flexibility index (Phi) is 7.47. The molecule has 3 aromatic rings. The summed E-state index contributed by atoms with van der Waals surface area (Å²) in [7, 11) is 1.57. The Labute approximate surface area is 199 Å². The fraction of sp³-hybridized carbons (Fsp3) is 0.385. The van der Waals surface area contributed by atoms with Crippen molar-refractivity contribution in [2.45, 2.75) is 32.9 Å². The van der Waals surface area contributed by atoms with Crippen molar-refractivity contribution in [3.8, 4) is 17.0 Å². The smallest absolute Gasteiger partial charge is 0.254 e. The van der Waals surface area contributed by atoms with Crippen LogP contribution in [0.3, 0.4) is 0 Å². The lowest BCUT2D eigenvalue weighted by molar-refractivity contribution is 0.0671. The molecule has 1 aliphatic heterocycles. The van der Waals surface area contributed by atoms with E-state index in [1.807, 2.05) is 18.7 Å². The van der Waals surface area contributed by atoms with E-state index in [9.17, 15) is 9.18 Å². The Morgan fingerprint density at radius 3 is 2.68 bits per heavy atom. The van der Waals surface area contributed by atoms with Crippen molar-refractivity contribution in [2.24, 2.45) is 0 Å². The maximum atomic E-state index is 14.8. The first-order valence-electron chi connectivity index (χ1n) is 11.5. The lowest BCUT2D eigenvalue weighted by Crippen LogP contribution is -2.39. The van der Waals surface area contributed by atoms with E-state index in [1.165, 1.54) is 6.07 Å². The summed E-state index contributed by atoms with van der Waals surface area (Å²) in [5.41, 5.74) is 1.96. The van der Waals surface area contributed by atoms with Crippen LogP contribution < -0.4 is 9.64 Å². The first kappa shape index (κ1) is 23.8. The predicted molar refractivity (Wildman–Crippen MR) is 128 cm³/mol. The molecule has 1 aliphatic rings. The average Bonchev–Trinajstić information content (AvgIpc) is 3.30. The van der Waals surface area contributed by atoms with Crippen molar-refractivity contribution in [1.29, 1.82) is 0 Å². The van der Waals surface area contributed by atoms with E-state index in [-0.39, 0.29) is 24.3 Å². The van der Waals surface area contributed by atoms with Gasteiger partial charge in [0.25, 0.3) is 5.91 Å². The molecule has 1 saturated heterocycles. The zero-order chi connectivity index (χ0) is 24.1. The molecule has 180 valence electrons. The molecular formula is C26H30FN3O4. The molecule has 0 unspecified atom stereocenters. The molecule has 7 nitrogen and oxygen atoms in total. The number of aromatic nitrogens is 1. The third-order valence-electron chi connectivity index (χ3n) is 6.22. The third-order valence-corrected chi connectivity index (χ3v) is 6.22. The molecule has 1 atom stereocenters.